The zero-order valence-corrected chi connectivity index (χ0v) is 19.5. The highest BCUT2D eigenvalue weighted by Gasteiger charge is 2.20. The van der Waals surface area contributed by atoms with E-state index >= 15 is 0 Å². The highest BCUT2D eigenvalue weighted by Crippen LogP contribution is 2.06. The highest BCUT2D eigenvalue weighted by molar-refractivity contribution is 5.83. The number of hydrogen-bond acceptors (Lipinski definition) is 8. The maximum absolute atomic E-state index is 12.3. The Morgan fingerprint density at radius 1 is 1.19 bits per heavy atom. The van der Waals surface area contributed by atoms with Crippen LogP contribution in [0.2, 0.25) is 0 Å². The van der Waals surface area contributed by atoms with Crippen molar-refractivity contribution in [3.63, 3.8) is 0 Å². The summed E-state index contributed by atoms with van der Waals surface area (Å²) < 4.78 is 10.1. The van der Waals surface area contributed by atoms with Crippen LogP contribution in [-0.2, 0) is 23.9 Å². The average Bonchev–Trinajstić information content (AvgIpc) is 2.65. The first-order chi connectivity index (χ1) is 15.0. The highest BCUT2D eigenvalue weighted by atomic mass is 16.6. The maximum Gasteiger partial charge on any atom is 0.408 e. The Morgan fingerprint density at radius 2 is 1.88 bits per heavy atom. The van der Waals surface area contributed by atoms with Gasteiger partial charge in [0.25, 0.3) is 0 Å². The fourth-order valence-electron chi connectivity index (χ4n) is 2.32. The third kappa shape index (κ3) is 16.7. The van der Waals surface area contributed by atoms with Gasteiger partial charge in [0.1, 0.15) is 18.7 Å². The molecule has 0 aliphatic heterocycles. The van der Waals surface area contributed by atoms with Gasteiger partial charge in [-0.3, -0.25) is 19.8 Å². The third-order valence-electron chi connectivity index (χ3n) is 3.67. The second-order valence-corrected chi connectivity index (χ2v) is 8.03. The monoisotopic (exact) mass is 457 g/mol. The standard InChI is InChI=1S/C19H35N7O6/c1-6-7-10-31-17(29)13-26(5)24-15(27)11-14(8-9-22-25-20)23-16(28)12-21-18(30)32-19(2,3)4/h14H,6-13H2,1-5H3,(H,21,30)(H,23,28)(H,24,27)/t14-/m0/s1. The molecule has 0 aromatic carbocycles. The van der Waals surface area contributed by atoms with Crippen LogP contribution in [0.15, 0.2) is 5.11 Å². The van der Waals surface area contributed by atoms with Crippen LogP contribution in [-0.4, -0.2) is 73.8 Å². The Labute approximate surface area is 188 Å². The second-order valence-electron chi connectivity index (χ2n) is 8.03. The van der Waals surface area contributed by atoms with Crippen molar-refractivity contribution in [3.05, 3.63) is 10.4 Å². The quantitative estimate of drug-likeness (QED) is 0.0881. The molecule has 0 bridgehead atoms. The number of unbranched alkanes of at least 4 members (excludes halogenated alkanes) is 1. The first-order valence-electron chi connectivity index (χ1n) is 10.4. The van der Waals surface area contributed by atoms with Gasteiger partial charge in [0.2, 0.25) is 11.8 Å². The van der Waals surface area contributed by atoms with Crippen molar-refractivity contribution in [2.24, 2.45) is 5.11 Å². The van der Waals surface area contributed by atoms with Crippen LogP contribution in [0.1, 0.15) is 53.4 Å². The number of hydrogen-bond donors (Lipinski definition) is 3. The molecule has 0 fully saturated rings. The summed E-state index contributed by atoms with van der Waals surface area (Å²) in [6.07, 6.45) is 0.989. The number of alkyl carbamates (subject to hydrolysis) is 1. The van der Waals surface area contributed by atoms with Crippen molar-refractivity contribution in [1.29, 1.82) is 0 Å². The maximum atomic E-state index is 12.3. The summed E-state index contributed by atoms with van der Waals surface area (Å²) in [6, 6.07) is -0.654. The molecule has 0 aliphatic carbocycles. The van der Waals surface area contributed by atoms with Gasteiger partial charge < -0.3 is 20.1 Å². The van der Waals surface area contributed by atoms with E-state index in [9.17, 15) is 19.2 Å². The van der Waals surface area contributed by atoms with Gasteiger partial charge in [0.05, 0.1) is 6.61 Å². The van der Waals surface area contributed by atoms with Gasteiger partial charge >= 0.3 is 12.1 Å². The molecule has 0 saturated heterocycles. The van der Waals surface area contributed by atoms with Gasteiger partial charge in [-0.25, -0.2) is 9.80 Å². The molecule has 13 heteroatoms. The molecule has 0 aromatic rings. The number of carbonyl (C=O) groups is 4. The fraction of sp³-hybridized carbons (Fsp3) is 0.789. The fourth-order valence-corrected chi connectivity index (χ4v) is 2.32. The van der Waals surface area contributed by atoms with Crippen molar-refractivity contribution in [1.82, 2.24) is 21.1 Å². The van der Waals surface area contributed by atoms with Crippen LogP contribution in [0.3, 0.4) is 0 Å². The molecule has 0 aliphatic rings. The molecule has 0 spiro atoms. The van der Waals surface area contributed by atoms with E-state index in [1.54, 1.807) is 20.8 Å². The number of amides is 3. The van der Waals surface area contributed by atoms with Crippen LogP contribution in [0.5, 0.6) is 0 Å². The Kier molecular flexibility index (Phi) is 14.2. The summed E-state index contributed by atoms with van der Waals surface area (Å²) in [5, 5.41) is 9.63. The minimum atomic E-state index is -0.747. The Bertz CT molecular complexity index is 674. The molecule has 1 atom stereocenters. The van der Waals surface area contributed by atoms with Crippen molar-refractivity contribution in [2.45, 2.75) is 65.0 Å². The Hall–Kier alpha value is -3.05. The molecule has 3 amide bonds. The van der Waals surface area contributed by atoms with E-state index in [1.165, 1.54) is 12.1 Å². The molecule has 32 heavy (non-hydrogen) atoms. The molecule has 13 nitrogen and oxygen atoms in total. The zero-order valence-electron chi connectivity index (χ0n) is 19.5. The van der Waals surface area contributed by atoms with Gasteiger partial charge in [-0.1, -0.05) is 18.5 Å². The lowest BCUT2D eigenvalue weighted by Gasteiger charge is -2.22. The number of nitrogens with zero attached hydrogens (tertiary/aromatic N) is 4. The van der Waals surface area contributed by atoms with Gasteiger partial charge in [-0.05, 0) is 39.1 Å². The summed E-state index contributed by atoms with van der Waals surface area (Å²) in [5.74, 6) is -1.47. The molecular formula is C19H35N7O6. The van der Waals surface area contributed by atoms with Crippen LogP contribution >= 0.6 is 0 Å². The Morgan fingerprint density at radius 3 is 2.47 bits per heavy atom. The van der Waals surface area contributed by atoms with E-state index in [0.717, 1.165) is 12.8 Å². The Balaban J connectivity index is 4.62. The lowest BCUT2D eigenvalue weighted by molar-refractivity contribution is -0.146. The topological polar surface area (TPSA) is 175 Å². The second kappa shape index (κ2) is 15.7. The lowest BCUT2D eigenvalue weighted by atomic mass is 10.1. The van der Waals surface area contributed by atoms with E-state index in [0.29, 0.717) is 6.61 Å². The largest absolute Gasteiger partial charge is 0.465 e. The molecule has 182 valence electrons. The van der Waals surface area contributed by atoms with E-state index in [-0.39, 0.29) is 32.5 Å². The molecule has 0 rings (SSSR count). The predicted molar refractivity (Wildman–Crippen MR) is 116 cm³/mol. The molecule has 3 N–H and O–H groups in total. The smallest absolute Gasteiger partial charge is 0.408 e. The number of nitrogens with one attached hydrogen (secondary N) is 3. The zero-order chi connectivity index (χ0) is 24.6. The minimum Gasteiger partial charge on any atom is -0.465 e. The van der Waals surface area contributed by atoms with Crippen molar-refractivity contribution in [3.8, 4) is 0 Å². The summed E-state index contributed by atoms with van der Waals surface area (Å²) in [6.45, 7) is 6.96. The molecular weight excluding hydrogens is 422 g/mol. The van der Waals surface area contributed by atoms with Gasteiger partial charge in [0.15, 0.2) is 0 Å². The molecule has 0 radical (unpaired) electrons. The number of azide groups is 1. The first kappa shape index (κ1) is 28.9. The van der Waals surface area contributed by atoms with Crippen LogP contribution in [0.4, 0.5) is 4.79 Å². The van der Waals surface area contributed by atoms with Crippen molar-refractivity contribution in [2.75, 3.05) is 33.3 Å². The number of ether oxygens (including phenoxy) is 2. The van der Waals surface area contributed by atoms with Crippen LogP contribution in [0, 0.1) is 0 Å². The normalized spacial score (nSPS) is 11.7. The SMILES string of the molecule is CCCCOC(=O)CN(C)NC(=O)C[C@H](CCN=[N+]=[N-])NC(=O)CNC(=O)OC(C)(C)C. The number of carbonyl (C=O) groups excluding carboxylic acids is 4. The molecule has 0 unspecified atom stereocenters. The predicted octanol–water partition coefficient (Wildman–Crippen LogP) is 1.39. The average molecular weight is 458 g/mol. The third-order valence-corrected chi connectivity index (χ3v) is 3.67. The molecule has 0 saturated carbocycles. The van der Waals surface area contributed by atoms with E-state index in [2.05, 4.69) is 26.1 Å². The summed E-state index contributed by atoms with van der Waals surface area (Å²) >= 11 is 0. The minimum absolute atomic E-state index is 0.0633. The molecule has 0 heterocycles. The van der Waals surface area contributed by atoms with Crippen molar-refractivity contribution < 1.29 is 28.7 Å². The van der Waals surface area contributed by atoms with Crippen LogP contribution < -0.4 is 16.1 Å². The molecule has 0 aromatic heterocycles. The summed E-state index contributed by atoms with van der Waals surface area (Å²) in [7, 11) is 1.51. The lowest BCUT2D eigenvalue weighted by Crippen LogP contribution is -2.47. The number of hydrazine groups is 1. The van der Waals surface area contributed by atoms with E-state index in [4.69, 9.17) is 15.0 Å². The van der Waals surface area contributed by atoms with E-state index < -0.39 is 35.5 Å². The number of rotatable bonds is 14. The van der Waals surface area contributed by atoms with Crippen molar-refractivity contribution >= 4 is 23.9 Å². The van der Waals surface area contributed by atoms with Gasteiger partial charge in [-0.2, -0.15) is 0 Å². The summed E-state index contributed by atoms with van der Waals surface area (Å²) in [4.78, 5) is 50.4. The number of esters is 1. The number of likely N-dealkylation sites (N-methyl/N-ethyl adjacent to an activating group) is 1. The van der Waals surface area contributed by atoms with Crippen LogP contribution in [0.25, 0.3) is 10.4 Å². The van der Waals surface area contributed by atoms with Gasteiger partial charge in [-0.15, -0.1) is 0 Å². The summed E-state index contributed by atoms with van der Waals surface area (Å²) in [5.41, 5.74) is 10.3. The first-order valence-corrected chi connectivity index (χ1v) is 10.4. The van der Waals surface area contributed by atoms with Gasteiger partial charge in [0, 0.05) is 31.0 Å². The van der Waals surface area contributed by atoms with E-state index in [1.807, 2.05) is 6.92 Å².